The molecule has 0 spiro atoms. The smallest absolute Gasteiger partial charge is 0.234 e. The summed E-state index contributed by atoms with van der Waals surface area (Å²) in [6.45, 7) is 0. The van der Waals surface area contributed by atoms with Crippen LogP contribution in [0.5, 0.6) is 0 Å². The Balaban J connectivity index is 4.62. The summed E-state index contributed by atoms with van der Waals surface area (Å²) in [5.74, 6) is 0.326. The standard InChI is InChI=1S/C5H13N3O2S/c1-6-5(7-2)8(3)11(4,9)10/h1-4H3,(H,6,7). The Morgan fingerprint density at radius 1 is 1.55 bits per heavy atom. The molecule has 11 heavy (non-hydrogen) atoms. The first kappa shape index (κ1) is 10.2. The van der Waals surface area contributed by atoms with Crippen LogP contribution in [0.25, 0.3) is 0 Å². The van der Waals surface area contributed by atoms with Crippen LogP contribution in [-0.4, -0.2) is 46.1 Å². The second-order valence-electron chi connectivity index (χ2n) is 2.03. The highest BCUT2D eigenvalue weighted by atomic mass is 32.2. The van der Waals surface area contributed by atoms with Crippen molar-refractivity contribution >= 4 is 16.0 Å². The molecule has 0 unspecified atom stereocenters. The summed E-state index contributed by atoms with van der Waals surface area (Å²) >= 11 is 0. The van der Waals surface area contributed by atoms with Gasteiger partial charge in [-0.15, -0.1) is 0 Å². The normalized spacial score (nSPS) is 12.9. The molecule has 0 heterocycles. The van der Waals surface area contributed by atoms with Gasteiger partial charge in [0.2, 0.25) is 16.0 Å². The molecular formula is C5H13N3O2S. The van der Waals surface area contributed by atoms with Crippen LogP contribution in [-0.2, 0) is 10.0 Å². The summed E-state index contributed by atoms with van der Waals surface area (Å²) in [4.78, 5) is 3.73. The summed E-state index contributed by atoms with van der Waals surface area (Å²) in [5.41, 5.74) is 0. The van der Waals surface area contributed by atoms with Crippen molar-refractivity contribution in [2.45, 2.75) is 0 Å². The Kier molecular flexibility index (Phi) is 3.31. The molecule has 0 rings (SSSR count). The highest BCUT2D eigenvalue weighted by Crippen LogP contribution is 1.92. The fourth-order valence-corrected chi connectivity index (χ4v) is 1.05. The van der Waals surface area contributed by atoms with Crippen molar-refractivity contribution in [1.82, 2.24) is 9.62 Å². The van der Waals surface area contributed by atoms with Crippen LogP contribution in [0.15, 0.2) is 4.99 Å². The van der Waals surface area contributed by atoms with Crippen molar-refractivity contribution < 1.29 is 8.42 Å². The molecule has 0 aromatic rings. The minimum Gasteiger partial charge on any atom is -0.359 e. The number of hydrogen-bond donors (Lipinski definition) is 1. The van der Waals surface area contributed by atoms with Gasteiger partial charge < -0.3 is 5.32 Å². The molecule has 0 atom stereocenters. The zero-order valence-corrected chi connectivity index (χ0v) is 7.94. The third-order valence-corrected chi connectivity index (χ3v) is 2.40. The van der Waals surface area contributed by atoms with E-state index in [9.17, 15) is 8.42 Å². The molecule has 0 bridgehead atoms. The van der Waals surface area contributed by atoms with Gasteiger partial charge >= 0.3 is 0 Å². The highest BCUT2D eigenvalue weighted by Gasteiger charge is 2.13. The highest BCUT2D eigenvalue weighted by molar-refractivity contribution is 7.88. The molecule has 5 nitrogen and oxygen atoms in total. The second kappa shape index (κ2) is 3.56. The van der Waals surface area contributed by atoms with Gasteiger partial charge in [0, 0.05) is 21.1 Å². The zero-order valence-electron chi connectivity index (χ0n) is 7.12. The summed E-state index contributed by atoms with van der Waals surface area (Å²) < 4.78 is 22.9. The molecule has 0 fully saturated rings. The lowest BCUT2D eigenvalue weighted by atomic mass is 10.9. The topological polar surface area (TPSA) is 61.8 Å². The number of aliphatic imine (C=N–C) groups is 1. The molecule has 0 saturated carbocycles. The van der Waals surface area contributed by atoms with Crippen LogP contribution in [0.4, 0.5) is 0 Å². The van der Waals surface area contributed by atoms with Crippen LogP contribution in [0, 0.1) is 0 Å². The monoisotopic (exact) mass is 179 g/mol. The number of rotatable bonds is 1. The first-order valence-corrected chi connectivity index (χ1v) is 4.86. The first-order chi connectivity index (χ1) is 4.93. The molecule has 1 N–H and O–H groups in total. The Bertz CT molecular complexity index is 244. The second-order valence-corrected chi connectivity index (χ2v) is 4.04. The summed E-state index contributed by atoms with van der Waals surface area (Å²) in [6, 6.07) is 0. The number of hydrogen-bond acceptors (Lipinski definition) is 3. The third kappa shape index (κ3) is 2.75. The van der Waals surface area contributed by atoms with Gasteiger partial charge in [0.05, 0.1) is 6.26 Å². The summed E-state index contributed by atoms with van der Waals surface area (Å²) in [7, 11) is 1.39. The van der Waals surface area contributed by atoms with Crippen LogP contribution in [0.1, 0.15) is 0 Å². The van der Waals surface area contributed by atoms with Crippen molar-refractivity contribution in [2.75, 3.05) is 27.4 Å². The van der Waals surface area contributed by atoms with E-state index in [1.54, 1.807) is 7.05 Å². The average molecular weight is 179 g/mol. The molecule has 66 valence electrons. The Morgan fingerprint density at radius 2 is 2.00 bits per heavy atom. The lowest BCUT2D eigenvalue weighted by Crippen LogP contribution is -2.40. The van der Waals surface area contributed by atoms with E-state index in [2.05, 4.69) is 10.3 Å². The van der Waals surface area contributed by atoms with E-state index >= 15 is 0 Å². The van der Waals surface area contributed by atoms with Gasteiger partial charge in [-0.05, 0) is 0 Å². The molecule has 0 saturated heterocycles. The fourth-order valence-electron chi connectivity index (χ4n) is 0.567. The van der Waals surface area contributed by atoms with E-state index in [1.807, 2.05) is 0 Å². The fraction of sp³-hybridized carbons (Fsp3) is 0.800. The Hall–Kier alpha value is -0.780. The van der Waals surface area contributed by atoms with Gasteiger partial charge in [-0.25, -0.2) is 12.7 Å². The molecular weight excluding hydrogens is 166 g/mol. The van der Waals surface area contributed by atoms with Gasteiger partial charge in [-0.3, -0.25) is 4.99 Å². The lowest BCUT2D eigenvalue weighted by molar-refractivity contribution is 0.554. The van der Waals surface area contributed by atoms with E-state index < -0.39 is 10.0 Å². The van der Waals surface area contributed by atoms with Crippen molar-refractivity contribution in [3.05, 3.63) is 0 Å². The summed E-state index contributed by atoms with van der Waals surface area (Å²) in [5, 5.41) is 2.65. The van der Waals surface area contributed by atoms with E-state index in [1.165, 1.54) is 14.1 Å². The minimum atomic E-state index is -3.19. The van der Waals surface area contributed by atoms with Crippen molar-refractivity contribution in [1.29, 1.82) is 0 Å². The average Bonchev–Trinajstić information content (AvgIpc) is 1.88. The third-order valence-electron chi connectivity index (χ3n) is 1.23. The molecule has 6 heteroatoms. The molecule has 0 aliphatic rings. The lowest BCUT2D eigenvalue weighted by Gasteiger charge is -2.17. The van der Waals surface area contributed by atoms with Gasteiger partial charge in [0.15, 0.2) is 0 Å². The van der Waals surface area contributed by atoms with Crippen LogP contribution >= 0.6 is 0 Å². The van der Waals surface area contributed by atoms with E-state index in [4.69, 9.17) is 0 Å². The molecule has 0 aromatic heterocycles. The maximum absolute atomic E-state index is 10.9. The number of nitrogens with one attached hydrogen (secondary N) is 1. The van der Waals surface area contributed by atoms with Gasteiger partial charge in [0.1, 0.15) is 0 Å². The van der Waals surface area contributed by atoms with Gasteiger partial charge in [-0.2, -0.15) is 0 Å². The van der Waals surface area contributed by atoms with Crippen molar-refractivity contribution in [3.8, 4) is 0 Å². The molecule has 0 aliphatic heterocycles. The quantitative estimate of drug-likeness (QED) is 0.418. The van der Waals surface area contributed by atoms with Crippen LogP contribution < -0.4 is 5.32 Å². The predicted molar refractivity (Wildman–Crippen MR) is 45.0 cm³/mol. The maximum Gasteiger partial charge on any atom is 0.234 e. The van der Waals surface area contributed by atoms with E-state index in [0.29, 0.717) is 5.96 Å². The largest absolute Gasteiger partial charge is 0.359 e. The predicted octanol–water partition coefficient (Wildman–Crippen LogP) is -0.917. The molecule has 0 radical (unpaired) electrons. The zero-order chi connectivity index (χ0) is 9.07. The Morgan fingerprint density at radius 3 is 2.09 bits per heavy atom. The van der Waals surface area contributed by atoms with Gasteiger partial charge in [0.25, 0.3) is 0 Å². The van der Waals surface area contributed by atoms with Crippen LogP contribution in [0.3, 0.4) is 0 Å². The Labute approximate surface area is 67.2 Å². The molecule has 0 aromatic carbocycles. The molecule has 0 amide bonds. The van der Waals surface area contributed by atoms with E-state index in [-0.39, 0.29) is 0 Å². The van der Waals surface area contributed by atoms with E-state index in [0.717, 1.165) is 10.6 Å². The number of guanidine groups is 1. The minimum absolute atomic E-state index is 0.326. The van der Waals surface area contributed by atoms with Crippen LogP contribution in [0.2, 0.25) is 0 Å². The van der Waals surface area contributed by atoms with Crippen molar-refractivity contribution in [3.63, 3.8) is 0 Å². The number of nitrogens with zero attached hydrogens (tertiary/aromatic N) is 2. The molecule has 0 aliphatic carbocycles. The summed E-state index contributed by atoms with van der Waals surface area (Å²) in [6.07, 6.45) is 1.12. The maximum atomic E-state index is 10.9. The SMILES string of the molecule is CN=C(NC)N(C)S(C)(=O)=O. The van der Waals surface area contributed by atoms with Crippen molar-refractivity contribution in [2.24, 2.45) is 4.99 Å². The number of sulfonamides is 1. The first-order valence-electron chi connectivity index (χ1n) is 3.02. The van der Waals surface area contributed by atoms with Gasteiger partial charge in [-0.1, -0.05) is 0 Å².